The number of H-pyrrole nitrogens is 1. The van der Waals surface area contributed by atoms with Crippen LogP contribution >= 0.6 is 0 Å². The fourth-order valence-corrected chi connectivity index (χ4v) is 4.40. The van der Waals surface area contributed by atoms with E-state index in [1.807, 2.05) is 30.3 Å². The minimum absolute atomic E-state index is 0.111. The largest absolute Gasteiger partial charge is 0.439 e. The van der Waals surface area contributed by atoms with Crippen LogP contribution in [0, 0.1) is 0 Å². The quantitative estimate of drug-likeness (QED) is 0.388. The van der Waals surface area contributed by atoms with Gasteiger partial charge < -0.3 is 19.5 Å². The highest BCUT2D eigenvalue weighted by Gasteiger charge is 2.56. The van der Waals surface area contributed by atoms with Gasteiger partial charge in [-0.2, -0.15) is 4.98 Å². The molecule has 2 aliphatic rings. The van der Waals surface area contributed by atoms with Crippen LogP contribution in [0.4, 0.5) is 10.7 Å². The van der Waals surface area contributed by atoms with Gasteiger partial charge in [0, 0.05) is 27.2 Å². The zero-order chi connectivity index (χ0) is 23.8. The van der Waals surface area contributed by atoms with Gasteiger partial charge in [0.15, 0.2) is 23.5 Å². The Morgan fingerprint density at radius 1 is 1.26 bits per heavy atom. The maximum atomic E-state index is 12.8. The normalized spacial score (nSPS) is 24.2. The number of aromatic amines is 1. The van der Waals surface area contributed by atoms with Gasteiger partial charge in [-0.05, 0) is 12.0 Å². The fourth-order valence-electron chi connectivity index (χ4n) is 4.40. The van der Waals surface area contributed by atoms with E-state index >= 15 is 0 Å². The van der Waals surface area contributed by atoms with Gasteiger partial charge in [-0.3, -0.25) is 19.2 Å². The predicted molar refractivity (Wildman–Crippen MR) is 122 cm³/mol. The number of aliphatic hydroxyl groups excluding tert-OH is 1. The minimum atomic E-state index is -0.767. The summed E-state index contributed by atoms with van der Waals surface area (Å²) in [7, 11) is 3.60. The first-order valence-corrected chi connectivity index (χ1v) is 10.9. The number of carbonyl (C=O) groups excluding carboxylic acids is 1. The molecule has 3 aromatic rings. The number of aromatic nitrogens is 4. The maximum absolute atomic E-state index is 12.8. The molecule has 12 nitrogen and oxygen atoms in total. The summed E-state index contributed by atoms with van der Waals surface area (Å²) in [6.07, 6.45) is 0.921. The first-order chi connectivity index (χ1) is 16.5. The molecule has 34 heavy (non-hydrogen) atoms. The standard InChI is InChI=1S/C22H25N7O5/c1-27(2)11-24-21-25-18-15(19(31)26-21)23-12-29(18)20-17-16(14(33-20)8-9-30)28(22(32)34-17)10-13-6-4-3-5-7-13/h3-7,11-12,14,16-17,20,30H,8-10H2,1-2H3,(H,25,26,31)/b24-11+/t14-,16-,17-,20-/m1/s1. The second-order valence-electron chi connectivity index (χ2n) is 8.45. The van der Waals surface area contributed by atoms with Crippen molar-refractivity contribution in [1.82, 2.24) is 29.3 Å². The number of hydrogen-bond acceptors (Lipinski definition) is 8. The lowest BCUT2D eigenvalue weighted by Crippen LogP contribution is -2.41. The summed E-state index contributed by atoms with van der Waals surface area (Å²) < 4.78 is 13.6. The molecule has 4 heterocycles. The van der Waals surface area contributed by atoms with Crippen molar-refractivity contribution in [3.05, 3.63) is 52.6 Å². The van der Waals surface area contributed by atoms with Gasteiger partial charge in [0.25, 0.3) is 5.56 Å². The third kappa shape index (κ3) is 3.90. The SMILES string of the molecule is CN(C)/C=N/c1nc2c(ncn2[C@@H]2O[C@H](CCO)[C@@H]3[C@H]2OC(=O)N3Cc2ccccc2)c(=O)[nH]1. The molecule has 4 atom stereocenters. The maximum Gasteiger partial charge on any atom is 0.411 e. The van der Waals surface area contributed by atoms with Gasteiger partial charge in [0.2, 0.25) is 5.95 Å². The van der Waals surface area contributed by atoms with Crippen LogP contribution in [0.15, 0.2) is 46.4 Å². The highest BCUT2D eigenvalue weighted by atomic mass is 16.6. The van der Waals surface area contributed by atoms with Gasteiger partial charge in [-0.15, -0.1) is 0 Å². The average molecular weight is 467 g/mol. The van der Waals surface area contributed by atoms with Gasteiger partial charge >= 0.3 is 6.09 Å². The number of ether oxygens (including phenoxy) is 2. The number of aliphatic hydroxyl groups is 1. The van der Waals surface area contributed by atoms with E-state index in [1.54, 1.807) is 28.5 Å². The fraction of sp³-hybridized carbons (Fsp3) is 0.409. The molecule has 178 valence electrons. The Kier molecular flexibility index (Phi) is 5.75. The monoisotopic (exact) mass is 467 g/mol. The zero-order valence-electron chi connectivity index (χ0n) is 18.7. The van der Waals surface area contributed by atoms with Gasteiger partial charge in [0.05, 0.1) is 18.8 Å². The Balaban J connectivity index is 1.51. The highest BCUT2D eigenvalue weighted by Crippen LogP contribution is 2.42. The molecule has 0 radical (unpaired) electrons. The molecular formula is C22H25N7O5. The molecular weight excluding hydrogens is 442 g/mol. The number of imidazole rings is 1. The van der Waals surface area contributed by atoms with Crippen LogP contribution in [0.2, 0.25) is 0 Å². The number of nitrogens with zero attached hydrogens (tertiary/aromatic N) is 6. The molecule has 2 aromatic heterocycles. The van der Waals surface area contributed by atoms with Crippen molar-refractivity contribution in [2.24, 2.45) is 4.99 Å². The number of rotatable bonds is 7. The first-order valence-electron chi connectivity index (χ1n) is 10.9. The second kappa shape index (κ2) is 8.88. The van der Waals surface area contributed by atoms with Gasteiger partial charge in [0.1, 0.15) is 6.04 Å². The minimum Gasteiger partial charge on any atom is -0.439 e. The highest BCUT2D eigenvalue weighted by molar-refractivity contribution is 5.73. The van der Waals surface area contributed by atoms with Crippen molar-refractivity contribution >= 4 is 29.5 Å². The Morgan fingerprint density at radius 3 is 2.79 bits per heavy atom. The number of aliphatic imine (C=N–C) groups is 1. The van der Waals surface area contributed by atoms with Crippen LogP contribution in [0.25, 0.3) is 11.2 Å². The molecule has 2 fully saturated rings. The molecule has 2 aliphatic heterocycles. The van der Waals surface area contributed by atoms with Crippen LogP contribution < -0.4 is 5.56 Å². The lowest BCUT2D eigenvalue weighted by atomic mass is 10.0. The average Bonchev–Trinajstić information content (AvgIpc) is 3.47. The molecule has 1 amide bonds. The van der Waals surface area contributed by atoms with Crippen molar-refractivity contribution in [2.45, 2.75) is 37.4 Å². The number of benzene rings is 1. The van der Waals surface area contributed by atoms with Crippen LogP contribution in [-0.4, -0.2) is 85.8 Å². The number of amides is 1. The van der Waals surface area contributed by atoms with Crippen LogP contribution in [0.3, 0.4) is 0 Å². The van der Waals surface area contributed by atoms with E-state index < -0.39 is 36.1 Å². The smallest absolute Gasteiger partial charge is 0.411 e. The van der Waals surface area contributed by atoms with E-state index in [9.17, 15) is 14.7 Å². The van der Waals surface area contributed by atoms with Crippen molar-refractivity contribution < 1.29 is 19.4 Å². The number of hydrogen-bond donors (Lipinski definition) is 2. The third-order valence-corrected chi connectivity index (χ3v) is 5.86. The number of nitrogens with one attached hydrogen (secondary N) is 1. The third-order valence-electron chi connectivity index (χ3n) is 5.86. The first kappa shape index (κ1) is 22.0. The van der Waals surface area contributed by atoms with E-state index in [0.29, 0.717) is 13.0 Å². The Hall–Kier alpha value is -3.77. The molecule has 2 N–H and O–H groups in total. The van der Waals surface area contributed by atoms with Crippen molar-refractivity contribution in [1.29, 1.82) is 0 Å². The van der Waals surface area contributed by atoms with Crippen molar-refractivity contribution in [3.8, 4) is 0 Å². The summed E-state index contributed by atoms with van der Waals surface area (Å²) >= 11 is 0. The second-order valence-corrected chi connectivity index (χ2v) is 8.45. The van der Waals surface area contributed by atoms with Crippen LogP contribution in [-0.2, 0) is 16.0 Å². The molecule has 5 rings (SSSR count). The van der Waals surface area contributed by atoms with Crippen LogP contribution in [0.5, 0.6) is 0 Å². The summed E-state index contributed by atoms with van der Waals surface area (Å²) in [4.78, 5) is 44.1. The van der Waals surface area contributed by atoms with E-state index in [0.717, 1.165) is 5.56 Å². The molecule has 0 spiro atoms. The van der Waals surface area contributed by atoms with Crippen LogP contribution in [0.1, 0.15) is 18.2 Å². The Morgan fingerprint density at radius 2 is 2.06 bits per heavy atom. The predicted octanol–water partition coefficient (Wildman–Crippen LogP) is 1.01. The van der Waals surface area contributed by atoms with E-state index in [1.165, 1.54) is 12.7 Å². The van der Waals surface area contributed by atoms with Gasteiger partial charge in [-0.25, -0.2) is 14.8 Å². The van der Waals surface area contributed by atoms with E-state index in [-0.39, 0.29) is 23.7 Å². The molecule has 1 aromatic carbocycles. The van der Waals surface area contributed by atoms with Crippen molar-refractivity contribution in [3.63, 3.8) is 0 Å². The zero-order valence-corrected chi connectivity index (χ0v) is 18.7. The summed E-state index contributed by atoms with van der Waals surface area (Å²) in [5.41, 5.74) is 0.904. The molecule has 0 bridgehead atoms. The van der Waals surface area contributed by atoms with Crippen molar-refractivity contribution in [2.75, 3.05) is 20.7 Å². The topological polar surface area (TPSA) is 138 Å². The molecule has 0 aliphatic carbocycles. The molecule has 2 saturated heterocycles. The number of fused-ring (bicyclic) bond motifs is 2. The van der Waals surface area contributed by atoms with E-state index in [4.69, 9.17) is 9.47 Å². The Bertz CT molecular complexity index is 1270. The summed E-state index contributed by atoms with van der Waals surface area (Å²) in [5, 5.41) is 9.63. The summed E-state index contributed by atoms with van der Waals surface area (Å²) in [6.45, 7) is 0.241. The Labute approximate surface area is 194 Å². The lowest BCUT2D eigenvalue weighted by Gasteiger charge is -2.24. The van der Waals surface area contributed by atoms with Gasteiger partial charge in [-0.1, -0.05) is 30.3 Å². The lowest BCUT2D eigenvalue weighted by molar-refractivity contribution is -0.0515. The summed E-state index contributed by atoms with van der Waals surface area (Å²) in [6, 6.07) is 9.17. The summed E-state index contributed by atoms with van der Waals surface area (Å²) in [5.74, 6) is 0.114. The molecule has 0 saturated carbocycles. The molecule has 0 unspecified atom stereocenters. The molecule has 12 heteroatoms. The number of carbonyl (C=O) groups is 1. The van der Waals surface area contributed by atoms with E-state index in [2.05, 4.69) is 19.9 Å².